The molecule has 1 N–H and O–H groups in total. The highest BCUT2D eigenvalue weighted by Crippen LogP contribution is 2.22. The molecule has 0 radical (unpaired) electrons. The van der Waals surface area contributed by atoms with E-state index >= 15 is 0 Å². The Morgan fingerprint density at radius 3 is 2.61 bits per heavy atom. The normalized spacial score (nSPS) is 20.9. The molecule has 5 nitrogen and oxygen atoms in total. The minimum Gasteiger partial charge on any atom is -0.489 e. The maximum absolute atomic E-state index is 6.04. The topological polar surface area (TPSA) is 46.6 Å². The van der Waals surface area contributed by atoms with Crippen LogP contribution in [0.3, 0.4) is 0 Å². The SMILES string of the molecule is CC1CN(C(C)(C)CNCc2ccccc2OCc2cccnc2)CC(C)O1. The summed E-state index contributed by atoms with van der Waals surface area (Å²) in [4.78, 5) is 6.68. The molecule has 28 heavy (non-hydrogen) atoms. The van der Waals surface area contributed by atoms with E-state index in [1.165, 1.54) is 5.56 Å². The third-order valence-electron chi connectivity index (χ3n) is 5.24. The fourth-order valence-corrected chi connectivity index (χ4v) is 3.72. The Morgan fingerprint density at radius 1 is 1.14 bits per heavy atom. The van der Waals surface area contributed by atoms with Crippen molar-refractivity contribution >= 4 is 0 Å². The Morgan fingerprint density at radius 2 is 1.89 bits per heavy atom. The van der Waals surface area contributed by atoms with Gasteiger partial charge in [0.15, 0.2) is 0 Å². The van der Waals surface area contributed by atoms with Crippen molar-refractivity contribution in [3.8, 4) is 5.75 Å². The minimum atomic E-state index is 0.0673. The molecule has 0 bridgehead atoms. The van der Waals surface area contributed by atoms with Crippen LogP contribution in [0.2, 0.25) is 0 Å². The van der Waals surface area contributed by atoms with Gasteiger partial charge < -0.3 is 14.8 Å². The Balaban J connectivity index is 1.54. The smallest absolute Gasteiger partial charge is 0.124 e. The van der Waals surface area contributed by atoms with Crippen LogP contribution >= 0.6 is 0 Å². The van der Waals surface area contributed by atoms with Gasteiger partial charge in [-0.2, -0.15) is 0 Å². The molecule has 2 atom stereocenters. The number of aromatic nitrogens is 1. The molecule has 2 heterocycles. The van der Waals surface area contributed by atoms with Gasteiger partial charge in [0.1, 0.15) is 12.4 Å². The highest BCUT2D eigenvalue weighted by atomic mass is 16.5. The second kappa shape index (κ2) is 9.50. The van der Waals surface area contributed by atoms with E-state index in [9.17, 15) is 0 Å². The number of hydrogen-bond acceptors (Lipinski definition) is 5. The summed E-state index contributed by atoms with van der Waals surface area (Å²) in [6.45, 7) is 13.1. The summed E-state index contributed by atoms with van der Waals surface area (Å²) in [7, 11) is 0. The summed E-state index contributed by atoms with van der Waals surface area (Å²) in [5, 5.41) is 3.63. The number of para-hydroxylation sites is 1. The zero-order valence-corrected chi connectivity index (χ0v) is 17.5. The minimum absolute atomic E-state index is 0.0673. The van der Waals surface area contributed by atoms with Crippen molar-refractivity contribution in [3.05, 3.63) is 59.9 Å². The maximum Gasteiger partial charge on any atom is 0.124 e. The lowest BCUT2D eigenvalue weighted by Crippen LogP contribution is -2.58. The van der Waals surface area contributed by atoms with Crippen molar-refractivity contribution in [1.29, 1.82) is 0 Å². The summed E-state index contributed by atoms with van der Waals surface area (Å²) in [5.41, 5.74) is 2.31. The summed E-state index contributed by atoms with van der Waals surface area (Å²) >= 11 is 0. The fraction of sp³-hybridized carbons (Fsp3) is 0.522. The predicted octanol–water partition coefficient (Wildman–Crippen LogP) is 3.64. The second-order valence-electron chi connectivity index (χ2n) is 8.34. The molecule has 2 unspecified atom stereocenters. The lowest BCUT2D eigenvalue weighted by molar-refractivity contribution is -0.0952. The van der Waals surface area contributed by atoms with Crippen LogP contribution < -0.4 is 10.1 Å². The molecule has 0 saturated carbocycles. The van der Waals surface area contributed by atoms with E-state index in [4.69, 9.17) is 9.47 Å². The first-order valence-corrected chi connectivity index (χ1v) is 10.1. The largest absolute Gasteiger partial charge is 0.489 e. The molecule has 152 valence electrons. The Bertz CT molecular complexity index is 726. The van der Waals surface area contributed by atoms with Crippen LogP contribution in [-0.4, -0.2) is 47.3 Å². The van der Waals surface area contributed by atoms with Crippen LogP contribution in [0.4, 0.5) is 0 Å². The molecule has 5 heteroatoms. The monoisotopic (exact) mass is 383 g/mol. The molecule has 0 spiro atoms. The third-order valence-corrected chi connectivity index (χ3v) is 5.24. The number of benzene rings is 1. The van der Waals surface area contributed by atoms with Crippen molar-refractivity contribution in [1.82, 2.24) is 15.2 Å². The van der Waals surface area contributed by atoms with Crippen molar-refractivity contribution in [3.63, 3.8) is 0 Å². The maximum atomic E-state index is 6.04. The number of hydrogen-bond donors (Lipinski definition) is 1. The van der Waals surface area contributed by atoms with Gasteiger partial charge >= 0.3 is 0 Å². The summed E-state index contributed by atoms with van der Waals surface area (Å²) in [5.74, 6) is 0.922. The number of pyridine rings is 1. The summed E-state index contributed by atoms with van der Waals surface area (Å²) in [6.07, 6.45) is 4.18. The first kappa shape index (κ1) is 20.8. The molecule has 0 amide bonds. The van der Waals surface area contributed by atoms with E-state index in [2.05, 4.69) is 55.0 Å². The van der Waals surface area contributed by atoms with E-state index in [1.54, 1.807) is 6.20 Å². The summed E-state index contributed by atoms with van der Waals surface area (Å²) in [6, 6.07) is 12.2. The number of ether oxygens (including phenoxy) is 2. The van der Waals surface area contributed by atoms with Crippen LogP contribution in [0.15, 0.2) is 48.8 Å². The van der Waals surface area contributed by atoms with Crippen LogP contribution in [0.25, 0.3) is 0 Å². The van der Waals surface area contributed by atoms with Gasteiger partial charge in [-0.05, 0) is 39.8 Å². The van der Waals surface area contributed by atoms with Crippen LogP contribution in [0.5, 0.6) is 5.75 Å². The number of morpholine rings is 1. The standard InChI is InChI=1S/C23H33N3O2/c1-18-14-26(15-19(2)28-18)23(3,4)17-25-13-21-9-5-6-10-22(21)27-16-20-8-7-11-24-12-20/h5-12,18-19,25H,13-17H2,1-4H3. The fourth-order valence-electron chi connectivity index (χ4n) is 3.72. The molecule has 1 aromatic heterocycles. The number of rotatable bonds is 8. The molecule has 1 aliphatic rings. The first-order chi connectivity index (χ1) is 13.4. The zero-order chi connectivity index (χ0) is 20.0. The second-order valence-corrected chi connectivity index (χ2v) is 8.34. The number of nitrogens with zero attached hydrogens (tertiary/aromatic N) is 2. The molecule has 3 rings (SSSR count). The number of nitrogens with one attached hydrogen (secondary N) is 1. The van der Waals surface area contributed by atoms with Crippen LogP contribution in [0.1, 0.15) is 38.8 Å². The first-order valence-electron chi connectivity index (χ1n) is 10.1. The predicted molar refractivity (Wildman–Crippen MR) is 112 cm³/mol. The highest BCUT2D eigenvalue weighted by molar-refractivity contribution is 5.33. The van der Waals surface area contributed by atoms with Gasteiger partial charge in [-0.15, -0.1) is 0 Å². The quantitative estimate of drug-likeness (QED) is 0.754. The third kappa shape index (κ3) is 5.77. The van der Waals surface area contributed by atoms with Gasteiger partial charge in [-0.1, -0.05) is 24.3 Å². The van der Waals surface area contributed by atoms with Gasteiger partial charge in [0.05, 0.1) is 12.2 Å². The Labute approximate surface area is 169 Å². The Kier molecular flexibility index (Phi) is 7.05. The van der Waals surface area contributed by atoms with Gasteiger partial charge in [-0.25, -0.2) is 0 Å². The highest BCUT2D eigenvalue weighted by Gasteiger charge is 2.32. The lowest BCUT2D eigenvalue weighted by atomic mass is 10.00. The molecule has 1 fully saturated rings. The van der Waals surface area contributed by atoms with E-state index < -0.39 is 0 Å². The van der Waals surface area contributed by atoms with E-state index in [-0.39, 0.29) is 17.7 Å². The molecule has 1 aliphatic heterocycles. The van der Waals surface area contributed by atoms with Crippen molar-refractivity contribution in [2.24, 2.45) is 0 Å². The van der Waals surface area contributed by atoms with E-state index in [0.717, 1.165) is 37.5 Å². The zero-order valence-electron chi connectivity index (χ0n) is 17.5. The van der Waals surface area contributed by atoms with Crippen molar-refractivity contribution in [2.75, 3.05) is 19.6 Å². The average molecular weight is 384 g/mol. The van der Waals surface area contributed by atoms with Crippen LogP contribution in [0, 0.1) is 0 Å². The molecular formula is C23H33N3O2. The molecule has 2 aromatic rings. The lowest BCUT2D eigenvalue weighted by Gasteiger charge is -2.45. The molecule has 1 aromatic carbocycles. The van der Waals surface area contributed by atoms with E-state index in [0.29, 0.717) is 6.61 Å². The Hall–Kier alpha value is -1.95. The van der Waals surface area contributed by atoms with Crippen molar-refractivity contribution in [2.45, 2.75) is 58.6 Å². The van der Waals surface area contributed by atoms with Gasteiger partial charge in [0, 0.05) is 55.2 Å². The van der Waals surface area contributed by atoms with Crippen molar-refractivity contribution < 1.29 is 9.47 Å². The summed E-state index contributed by atoms with van der Waals surface area (Å²) < 4.78 is 11.9. The van der Waals surface area contributed by atoms with Gasteiger partial charge in [0.25, 0.3) is 0 Å². The van der Waals surface area contributed by atoms with E-state index in [1.807, 2.05) is 30.5 Å². The molecule has 1 saturated heterocycles. The van der Waals surface area contributed by atoms with Gasteiger partial charge in [-0.3, -0.25) is 9.88 Å². The molecule has 0 aliphatic carbocycles. The van der Waals surface area contributed by atoms with Crippen LogP contribution in [-0.2, 0) is 17.9 Å². The molecular weight excluding hydrogens is 350 g/mol. The average Bonchev–Trinajstić information content (AvgIpc) is 2.67. The van der Waals surface area contributed by atoms with Gasteiger partial charge in [0.2, 0.25) is 0 Å².